The number of urea groups is 2. The summed E-state index contributed by atoms with van der Waals surface area (Å²) in [4.78, 5) is 27.5. The van der Waals surface area contributed by atoms with Gasteiger partial charge in [-0.05, 0) is 18.1 Å². The van der Waals surface area contributed by atoms with Gasteiger partial charge >= 0.3 is 12.1 Å². The summed E-state index contributed by atoms with van der Waals surface area (Å²) in [6.07, 6.45) is 2.69. The Morgan fingerprint density at radius 3 is 3.00 bits per heavy atom. The number of amides is 4. The highest BCUT2D eigenvalue weighted by atomic mass is 16.2. The van der Waals surface area contributed by atoms with E-state index in [9.17, 15) is 9.59 Å². The number of benzene rings is 1. The number of nitrogens with zero attached hydrogens (tertiary/aromatic N) is 1. The van der Waals surface area contributed by atoms with E-state index in [0.29, 0.717) is 19.6 Å². The highest BCUT2D eigenvalue weighted by molar-refractivity contribution is 5.94. The van der Waals surface area contributed by atoms with Crippen LogP contribution >= 0.6 is 0 Å². The van der Waals surface area contributed by atoms with Crippen molar-refractivity contribution in [3.05, 3.63) is 36.0 Å². The van der Waals surface area contributed by atoms with Crippen molar-refractivity contribution in [2.24, 2.45) is 0 Å². The molecular formula is C14H16N4O2. The van der Waals surface area contributed by atoms with Gasteiger partial charge in [-0.15, -0.1) is 0 Å². The Kier molecular flexibility index (Phi) is 3.28. The summed E-state index contributed by atoms with van der Waals surface area (Å²) in [5.74, 6) is 0. The maximum Gasteiger partial charge on any atom is 0.325 e. The molecule has 0 saturated carbocycles. The molecule has 0 unspecified atom stereocenters. The second-order valence-corrected chi connectivity index (χ2v) is 4.72. The minimum Gasteiger partial charge on any atom is -0.361 e. The third-order valence-corrected chi connectivity index (χ3v) is 3.45. The van der Waals surface area contributed by atoms with Crippen LogP contribution in [0.2, 0.25) is 0 Å². The fourth-order valence-corrected chi connectivity index (χ4v) is 2.40. The lowest BCUT2D eigenvalue weighted by Gasteiger charge is -2.13. The first-order chi connectivity index (χ1) is 9.75. The largest absolute Gasteiger partial charge is 0.361 e. The average molecular weight is 272 g/mol. The maximum atomic E-state index is 11.8. The molecule has 6 heteroatoms. The van der Waals surface area contributed by atoms with Gasteiger partial charge in [0.1, 0.15) is 0 Å². The summed E-state index contributed by atoms with van der Waals surface area (Å²) < 4.78 is 0. The average Bonchev–Trinajstić information content (AvgIpc) is 3.05. The number of nitrogens with one attached hydrogen (secondary N) is 3. The molecule has 3 rings (SSSR count). The Hall–Kier alpha value is -2.50. The van der Waals surface area contributed by atoms with Crippen molar-refractivity contribution >= 4 is 23.0 Å². The van der Waals surface area contributed by atoms with E-state index in [2.05, 4.69) is 21.7 Å². The molecule has 1 aromatic carbocycles. The minimum atomic E-state index is -0.333. The number of hydrogen-bond donors (Lipinski definition) is 3. The molecule has 20 heavy (non-hydrogen) atoms. The van der Waals surface area contributed by atoms with Crippen LogP contribution < -0.4 is 10.6 Å². The third-order valence-electron chi connectivity index (χ3n) is 3.45. The van der Waals surface area contributed by atoms with E-state index in [4.69, 9.17) is 0 Å². The second-order valence-electron chi connectivity index (χ2n) is 4.72. The zero-order chi connectivity index (χ0) is 13.9. The summed E-state index contributed by atoms with van der Waals surface area (Å²) in [6.45, 7) is 1.46. The van der Waals surface area contributed by atoms with Crippen LogP contribution in [0.15, 0.2) is 30.5 Å². The van der Waals surface area contributed by atoms with Crippen molar-refractivity contribution in [2.75, 3.05) is 19.6 Å². The molecule has 0 radical (unpaired) electrons. The third kappa shape index (κ3) is 2.32. The summed E-state index contributed by atoms with van der Waals surface area (Å²) in [6, 6.07) is 7.39. The van der Waals surface area contributed by atoms with Gasteiger partial charge in [0.25, 0.3) is 0 Å². The number of para-hydroxylation sites is 1. The van der Waals surface area contributed by atoms with Crippen molar-refractivity contribution in [1.82, 2.24) is 20.5 Å². The van der Waals surface area contributed by atoms with Gasteiger partial charge in [0, 0.05) is 36.7 Å². The summed E-state index contributed by atoms with van der Waals surface area (Å²) in [5.41, 5.74) is 2.25. The van der Waals surface area contributed by atoms with Crippen LogP contribution in [0.5, 0.6) is 0 Å². The predicted octanol–water partition coefficient (Wildman–Crippen LogP) is 1.45. The molecule has 104 valence electrons. The first-order valence-corrected chi connectivity index (χ1v) is 6.64. The van der Waals surface area contributed by atoms with Gasteiger partial charge in [-0.25, -0.2) is 14.5 Å². The molecule has 1 aromatic heterocycles. The Balaban J connectivity index is 1.57. The highest BCUT2D eigenvalue weighted by Crippen LogP contribution is 2.17. The quantitative estimate of drug-likeness (QED) is 0.790. The fourth-order valence-electron chi connectivity index (χ4n) is 2.40. The number of imide groups is 1. The lowest BCUT2D eigenvalue weighted by atomic mass is 10.1. The van der Waals surface area contributed by atoms with E-state index in [-0.39, 0.29) is 12.1 Å². The molecule has 3 N–H and O–H groups in total. The normalized spacial score (nSPS) is 14.6. The van der Waals surface area contributed by atoms with E-state index in [0.717, 1.165) is 17.5 Å². The van der Waals surface area contributed by atoms with Crippen LogP contribution in [0.25, 0.3) is 10.9 Å². The molecule has 1 fully saturated rings. The molecule has 1 aliphatic rings. The van der Waals surface area contributed by atoms with Gasteiger partial charge in [0.15, 0.2) is 0 Å². The van der Waals surface area contributed by atoms with Crippen molar-refractivity contribution in [3.8, 4) is 0 Å². The molecule has 1 aliphatic heterocycles. The SMILES string of the molecule is O=C(NCCc1c[nH]c2ccccc12)N1CCNC1=O. The van der Waals surface area contributed by atoms with Gasteiger partial charge < -0.3 is 15.6 Å². The molecule has 4 amide bonds. The molecule has 1 saturated heterocycles. The number of carbonyl (C=O) groups excluding carboxylic acids is 2. The molecule has 2 aromatic rings. The Morgan fingerprint density at radius 2 is 2.20 bits per heavy atom. The van der Waals surface area contributed by atoms with Crippen LogP contribution in [0.1, 0.15) is 5.56 Å². The minimum absolute atomic E-state index is 0.324. The summed E-state index contributed by atoms with van der Waals surface area (Å²) in [5, 5.41) is 6.54. The van der Waals surface area contributed by atoms with Crippen LogP contribution in [0.3, 0.4) is 0 Å². The molecule has 0 aliphatic carbocycles. The number of hydrogen-bond acceptors (Lipinski definition) is 2. The Morgan fingerprint density at radius 1 is 1.35 bits per heavy atom. The molecule has 0 atom stereocenters. The number of aromatic amines is 1. The van der Waals surface area contributed by atoms with Gasteiger partial charge in [-0.1, -0.05) is 18.2 Å². The van der Waals surface area contributed by atoms with Crippen LogP contribution in [-0.2, 0) is 6.42 Å². The number of aromatic nitrogens is 1. The topological polar surface area (TPSA) is 77.2 Å². The van der Waals surface area contributed by atoms with E-state index < -0.39 is 0 Å². The zero-order valence-corrected chi connectivity index (χ0v) is 11.0. The van der Waals surface area contributed by atoms with Gasteiger partial charge in [0.2, 0.25) is 0 Å². The predicted molar refractivity (Wildman–Crippen MR) is 75.5 cm³/mol. The van der Waals surface area contributed by atoms with E-state index in [1.165, 1.54) is 10.3 Å². The van der Waals surface area contributed by atoms with Crippen LogP contribution in [0.4, 0.5) is 9.59 Å². The van der Waals surface area contributed by atoms with Crippen LogP contribution in [-0.4, -0.2) is 41.6 Å². The van der Waals surface area contributed by atoms with Crippen molar-refractivity contribution in [3.63, 3.8) is 0 Å². The Bertz CT molecular complexity index is 649. The van der Waals surface area contributed by atoms with Crippen LogP contribution in [0, 0.1) is 0 Å². The number of carbonyl (C=O) groups is 2. The van der Waals surface area contributed by atoms with Crippen molar-refractivity contribution in [1.29, 1.82) is 0 Å². The maximum absolute atomic E-state index is 11.8. The first kappa shape index (κ1) is 12.5. The lowest BCUT2D eigenvalue weighted by Crippen LogP contribution is -2.42. The van der Waals surface area contributed by atoms with Crippen molar-refractivity contribution < 1.29 is 9.59 Å². The molecule has 6 nitrogen and oxygen atoms in total. The number of H-pyrrole nitrogens is 1. The Labute approximate surface area is 116 Å². The van der Waals surface area contributed by atoms with Gasteiger partial charge in [-0.2, -0.15) is 0 Å². The first-order valence-electron chi connectivity index (χ1n) is 6.64. The standard InChI is InChI=1S/C14H16N4O2/c19-13(18-8-7-16-14(18)20)15-6-5-10-9-17-12-4-2-1-3-11(10)12/h1-4,9,17H,5-8H2,(H,15,19)(H,16,20). The van der Waals surface area contributed by atoms with E-state index in [1.807, 2.05) is 24.4 Å². The summed E-state index contributed by atoms with van der Waals surface area (Å²) in [7, 11) is 0. The summed E-state index contributed by atoms with van der Waals surface area (Å²) >= 11 is 0. The molecule has 2 heterocycles. The van der Waals surface area contributed by atoms with E-state index >= 15 is 0 Å². The lowest BCUT2D eigenvalue weighted by molar-refractivity contribution is 0.199. The smallest absolute Gasteiger partial charge is 0.325 e. The van der Waals surface area contributed by atoms with Gasteiger partial charge in [0.05, 0.1) is 0 Å². The van der Waals surface area contributed by atoms with Crippen molar-refractivity contribution in [2.45, 2.75) is 6.42 Å². The molecule has 0 bridgehead atoms. The monoisotopic (exact) mass is 272 g/mol. The molecular weight excluding hydrogens is 256 g/mol. The zero-order valence-electron chi connectivity index (χ0n) is 11.0. The number of fused-ring (bicyclic) bond motifs is 1. The highest BCUT2D eigenvalue weighted by Gasteiger charge is 2.25. The fraction of sp³-hybridized carbons (Fsp3) is 0.286. The molecule has 0 spiro atoms. The van der Waals surface area contributed by atoms with Gasteiger partial charge in [-0.3, -0.25) is 0 Å². The van der Waals surface area contributed by atoms with E-state index in [1.54, 1.807) is 0 Å². The number of rotatable bonds is 3. The second kappa shape index (κ2) is 5.24.